The van der Waals surface area contributed by atoms with E-state index in [0.717, 1.165) is 31.8 Å². The van der Waals surface area contributed by atoms with E-state index in [9.17, 15) is 13.6 Å². The number of nitrogens with one attached hydrogen (secondary N) is 2. The van der Waals surface area contributed by atoms with E-state index >= 15 is 0 Å². The molecule has 0 spiro atoms. The van der Waals surface area contributed by atoms with E-state index in [1.807, 2.05) is 0 Å². The first-order valence-corrected chi connectivity index (χ1v) is 12.6. The zero-order valence-electron chi connectivity index (χ0n) is 22.0. The fourth-order valence-electron chi connectivity index (χ4n) is 4.78. The molecule has 0 heterocycles. The number of halogens is 2. The molecule has 1 saturated carbocycles. The summed E-state index contributed by atoms with van der Waals surface area (Å²) in [6.07, 6.45) is 6.86. The average molecular weight is 488 g/mol. The van der Waals surface area contributed by atoms with Crippen LogP contribution in [-0.4, -0.2) is 24.5 Å². The first kappa shape index (κ1) is 28.9. The van der Waals surface area contributed by atoms with Crippen LogP contribution in [0.4, 0.5) is 8.78 Å². The molecule has 1 aliphatic carbocycles. The molecule has 0 saturated heterocycles. The van der Waals surface area contributed by atoms with Crippen molar-refractivity contribution in [1.29, 1.82) is 0 Å². The molecule has 1 fully saturated rings. The van der Waals surface area contributed by atoms with Crippen molar-refractivity contribution >= 4 is 5.91 Å². The second-order valence-corrected chi connectivity index (χ2v) is 11.0. The van der Waals surface area contributed by atoms with Crippen LogP contribution in [-0.2, 0) is 15.7 Å². The molecule has 1 aromatic carbocycles. The largest absolute Gasteiger partial charge is 0.353 e. The molecule has 1 aliphatic rings. The molecule has 0 unspecified atom stereocenters. The Labute approximate surface area is 210 Å². The lowest BCUT2D eigenvalue weighted by molar-refractivity contribution is -0.119. The molecule has 4 N–H and O–H groups in total. The fourth-order valence-corrected chi connectivity index (χ4v) is 4.78. The summed E-state index contributed by atoms with van der Waals surface area (Å²) >= 11 is 0. The Morgan fingerprint density at radius 3 is 2.46 bits per heavy atom. The molecule has 2 rings (SSSR count). The SMILES string of the molecule is C=C(/C=C(F)\C=C(/C)F)C[C@@H](CCNC1(c2cccc(C(C)(C)C)c2)CCC(N)CC1)NC(C)=O. The number of nitrogens with two attached hydrogens (primary N) is 1. The average Bonchev–Trinajstić information content (AvgIpc) is 2.73. The van der Waals surface area contributed by atoms with E-state index < -0.39 is 11.7 Å². The molecule has 6 heteroatoms. The van der Waals surface area contributed by atoms with E-state index in [2.05, 4.69) is 62.2 Å². The molecule has 0 bridgehead atoms. The first-order valence-electron chi connectivity index (χ1n) is 12.6. The van der Waals surface area contributed by atoms with E-state index in [1.54, 1.807) is 0 Å². The van der Waals surface area contributed by atoms with Crippen molar-refractivity contribution in [1.82, 2.24) is 10.6 Å². The van der Waals surface area contributed by atoms with Gasteiger partial charge in [0.1, 0.15) is 5.83 Å². The van der Waals surface area contributed by atoms with Gasteiger partial charge < -0.3 is 16.4 Å². The van der Waals surface area contributed by atoms with Crippen LogP contribution in [0.1, 0.15) is 84.3 Å². The van der Waals surface area contributed by atoms with E-state index in [0.29, 0.717) is 25.0 Å². The summed E-state index contributed by atoms with van der Waals surface area (Å²) in [5.74, 6) is -1.45. The molecule has 1 atom stereocenters. The van der Waals surface area contributed by atoms with Crippen LogP contribution in [0.15, 0.2) is 60.2 Å². The summed E-state index contributed by atoms with van der Waals surface area (Å²) in [5, 5.41) is 6.76. The number of amides is 1. The summed E-state index contributed by atoms with van der Waals surface area (Å²) in [7, 11) is 0. The summed E-state index contributed by atoms with van der Waals surface area (Å²) in [6.45, 7) is 13.9. The lowest BCUT2D eigenvalue weighted by Gasteiger charge is -2.42. The van der Waals surface area contributed by atoms with E-state index in [-0.39, 0.29) is 28.9 Å². The first-order chi connectivity index (χ1) is 16.3. The predicted octanol–water partition coefficient (Wildman–Crippen LogP) is 6.24. The minimum absolute atomic E-state index is 0.0534. The Morgan fingerprint density at radius 2 is 1.89 bits per heavy atom. The summed E-state index contributed by atoms with van der Waals surface area (Å²) in [4.78, 5) is 11.8. The number of rotatable bonds is 10. The van der Waals surface area contributed by atoms with Gasteiger partial charge in [-0.1, -0.05) is 57.2 Å². The molecule has 1 aromatic rings. The molecule has 1 amide bonds. The maximum atomic E-state index is 13.9. The highest BCUT2D eigenvalue weighted by Gasteiger charge is 2.36. The van der Waals surface area contributed by atoms with Crippen LogP contribution >= 0.6 is 0 Å². The van der Waals surface area contributed by atoms with E-state index in [1.165, 1.54) is 31.1 Å². The lowest BCUT2D eigenvalue weighted by Crippen LogP contribution is -2.49. The monoisotopic (exact) mass is 487 g/mol. The standard InChI is InChI=1S/C29H43F2N3O/c1-20(16-25(31)18-21(2)30)17-27(34-22(3)35)12-15-33-29(13-10-26(32)11-14-29)24-9-7-8-23(19-24)28(4,5)6/h7-9,16,18-19,26-27,33H,1,10-15,17,32H2,2-6H3,(H,34,35)/b21-18+,25-16+/t26?,27-,29?/m1/s1. The zero-order valence-corrected chi connectivity index (χ0v) is 22.0. The van der Waals surface area contributed by atoms with Crippen LogP contribution in [0.2, 0.25) is 0 Å². The van der Waals surface area contributed by atoms with Gasteiger partial charge in [-0.2, -0.15) is 0 Å². The Kier molecular flexibility index (Phi) is 10.4. The summed E-state index contributed by atoms with van der Waals surface area (Å²) < 4.78 is 26.8. The van der Waals surface area contributed by atoms with Crippen molar-refractivity contribution in [3.05, 3.63) is 71.4 Å². The van der Waals surface area contributed by atoms with Crippen molar-refractivity contribution in [2.45, 2.75) is 96.2 Å². The van der Waals surface area contributed by atoms with Crippen molar-refractivity contribution in [2.75, 3.05) is 6.54 Å². The minimum atomic E-state index is -0.689. The highest BCUT2D eigenvalue weighted by molar-refractivity contribution is 5.73. The number of hydrogen-bond acceptors (Lipinski definition) is 3. The summed E-state index contributed by atoms with van der Waals surface area (Å²) in [6, 6.07) is 8.82. The van der Waals surface area contributed by atoms with Crippen LogP contribution in [0.25, 0.3) is 0 Å². The number of hydrogen-bond donors (Lipinski definition) is 3. The van der Waals surface area contributed by atoms with Gasteiger partial charge in [-0.05, 0) is 74.6 Å². The Hall–Kier alpha value is -2.31. The number of benzene rings is 1. The van der Waals surface area contributed by atoms with Crippen molar-refractivity contribution < 1.29 is 13.6 Å². The van der Waals surface area contributed by atoms with Crippen molar-refractivity contribution in [2.24, 2.45) is 5.73 Å². The van der Waals surface area contributed by atoms with Gasteiger partial charge in [0.25, 0.3) is 0 Å². The molecule has 0 aromatic heterocycles. The lowest BCUT2D eigenvalue weighted by atomic mass is 9.73. The number of allylic oxidation sites excluding steroid dienone is 4. The quantitative estimate of drug-likeness (QED) is 0.342. The maximum Gasteiger partial charge on any atom is 0.217 e. The van der Waals surface area contributed by atoms with Gasteiger partial charge in [0.05, 0.1) is 5.83 Å². The van der Waals surface area contributed by atoms with Gasteiger partial charge in [-0.25, -0.2) is 8.78 Å². The van der Waals surface area contributed by atoms with E-state index in [4.69, 9.17) is 5.73 Å². The van der Waals surface area contributed by atoms with Crippen LogP contribution in [0.5, 0.6) is 0 Å². The fraction of sp³-hybridized carbons (Fsp3) is 0.552. The van der Waals surface area contributed by atoms with Gasteiger partial charge in [-0.3, -0.25) is 4.79 Å². The molecular weight excluding hydrogens is 444 g/mol. The third kappa shape index (κ3) is 9.34. The van der Waals surface area contributed by atoms with Gasteiger partial charge in [0.2, 0.25) is 5.91 Å². The van der Waals surface area contributed by atoms with Gasteiger partial charge in [-0.15, -0.1) is 0 Å². The van der Waals surface area contributed by atoms with Crippen LogP contribution in [0, 0.1) is 0 Å². The molecule has 0 aliphatic heterocycles. The van der Waals surface area contributed by atoms with Crippen LogP contribution < -0.4 is 16.4 Å². The Bertz CT molecular complexity index is 933. The van der Waals surface area contributed by atoms with Gasteiger partial charge >= 0.3 is 0 Å². The number of carbonyl (C=O) groups excluding carboxylic acids is 1. The van der Waals surface area contributed by atoms with Crippen LogP contribution in [0.3, 0.4) is 0 Å². The summed E-state index contributed by atoms with van der Waals surface area (Å²) in [5.41, 5.74) is 9.18. The number of carbonyl (C=O) groups is 1. The smallest absolute Gasteiger partial charge is 0.217 e. The highest BCUT2D eigenvalue weighted by Crippen LogP contribution is 2.38. The van der Waals surface area contributed by atoms with Crippen molar-refractivity contribution in [3.8, 4) is 0 Å². The minimum Gasteiger partial charge on any atom is -0.353 e. The third-order valence-corrected chi connectivity index (χ3v) is 6.72. The molecular formula is C29H43F2N3O. The Balaban J connectivity index is 2.16. The van der Waals surface area contributed by atoms with Crippen molar-refractivity contribution in [3.63, 3.8) is 0 Å². The predicted molar refractivity (Wildman–Crippen MR) is 141 cm³/mol. The normalized spacial score (nSPS) is 22.6. The second-order valence-electron chi connectivity index (χ2n) is 11.0. The molecule has 194 valence electrons. The molecule has 35 heavy (non-hydrogen) atoms. The molecule has 0 radical (unpaired) electrons. The second kappa shape index (κ2) is 12.6. The van der Waals surface area contributed by atoms with Gasteiger partial charge in [0, 0.05) is 30.6 Å². The Morgan fingerprint density at radius 1 is 1.23 bits per heavy atom. The molecule has 4 nitrogen and oxygen atoms in total. The van der Waals surface area contributed by atoms with Gasteiger partial charge in [0.15, 0.2) is 0 Å². The third-order valence-electron chi connectivity index (χ3n) is 6.72. The topological polar surface area (TPSA) is 67.2 Å². The maximum absolute atomic E-state index is 13.9. The zero-order chi connectivity index (χ0) is 26.2. The highest BCUT2D eigenvalue weighted by atomic mass is 19.1.